The lowest BCUT2D eigenvalue weighted by Gasteiger charge is -2.10. The van der Waals surface area contributed by atoms with Gasteiger partial charge in [0.1, 0.15) is 5.97 Å². The van der Waals surface area contributed by atoms with E-state index in [-0.39, 0.29) is 5.75 Å². The van der Waals surface area contributed by atoms with Crippen LogP contribution < -0.4 is 26.0 Å². The molecule has 4 rings (SSSR count). The number of alkyl halides is 3. The van der Waals surface area contributed by atoms with Crippen molar-refractivity contribution in [1.82, 2.24) is 0 Å². The maximum Gasteiger partial charge on any atom is 0.430 e. The number of carbonyl (C=O) groups is 1. The molecule has 0 radical (unpaired) electrons. The van der Waals surface area contributed by atoms with Crippen molar-refractivity contribution < 1.29 is 33.2 Å². The van der Waals surface area contributed by atoms with Gasteiger partial charge in [-0.2, -0.15) is 13.2 Å². The number of hydrogen-bond acceptors (Lipinski definition) is 5. The van der Waals surface area contributed by atoms with E-state index in [0.29, 0.717) is 0 Å². The first-order valence-corrected chi connectivity index (χ1v) is 9.28. The molecule has 2 aliphatic rings. The van der Waals surface area contributed by atoms with E-state index in [9.17, 15) is 18.3 Å². The Bertz CT molecular complexity index is 1110. The molecular weight excluding hydrogens is 399 g/mol. The number of phenols is 1. The second-order valence-corrected chi connectivity index (χ2v) is 6.94. The van der Waals surface area contributed by atoms with Crippen molar-refractivity contribution in [1.29, 1.82) is 0 Å². The van der Waals surface area contributed by atoms with Crippen LogP contribution in [0.1, 0.15) is 17.5 Å². The normalized spacial score (nSPS) is 13.8. The van der Waals surface area contributed by atoms with E-state index in [1.54, 1.807) is 0 Å². The predicted octanol–water partition coefficient (Wildman–Crippen LogP) is -0.376. The third-order valence-corrected chi connectivity index (χ3v) is 4.74. The van der Waals surface area contributed by atoms with Gasteiger partial charge in [0.15, 0.2) is 6.21 Å². The Balaban J connectivity index is 0.000000318. The number of aliphatic carboxylic acids is 1. The van der Waals surface area contributed by atoms with Gasteiger partial charge < -0.3 is 20.3 Å². The summed E-state index contributed by atoms with van der Waals surface area (Å²) in [5.41, 5.74) is 5.34. The minimum absolute atomic E-state index is 0.288. The van der Waals surface area contributed by atoms with E-state index in [4.69, 9.17) is 9.90 Å². The largest absolute Gasteiger partial charge is 0.542 e. The lowest BCUT2D eigenvalue weighted by Crippen LogP contribution is -2.61. The van der Waals surface area contributed by atoms with Crippen LogP contribution in [-0.2, 0) is 11.2 Å². The number of carboxylic acids is 1. The molecule has 0 fully saturated rings. The topological polar surface area (TPSA) is 98.7 Å². The fourth-order valence-corrected chi connectivity index (χ4v) is 3.21. The van der Waals surface area contributed by atoms with Crippen molar-refractivity contribution in [2.45, 2.75) is 25.9 Å². The molecule has 0 amide bonds. The standard InChI is InChI=1S/C19H19N3O.C2HF3O2/c1-12-2-4-13(5-3-12)6-8-21-16-10-15-17-14(7-9-20-15)11-22-18(17)19(16)23;3-2(4,5)1(6)7/h2-5,10-11,21,23H,6-9H2,1H3;(H,6,7). The summed E-state index contributed by atoms with van der Waals surface area (Å²) < 4.78 is 31.5. The summed E-state index contributed by atoms with van der Waals surface area (Å²) in [6, 6.07) is 10.5. The highest BCUT2D eigenvalue weighted by atomic mass is 19.4. The third-order valence-electron chi connectivity index (χ3n) is 4.74. The van der Waals surface area contributed by atoms with Crippen molar-refractivity contribution in [3.8, 4) is 5.75 Å². The first-order chi connectivity index (χ1) is 14.2. The zero-order valence-corrected chi connectivity index (χ0v) is 16.1. The fourth-order valence-electron chi connectivity index (χ4n) is 3.21. The number of phenolic OH excluding ortho intramolecular Hbond substituents is 1. The monoisotopic (exact) mass is 419 g/mol. The van der Waals surface area contributed by atoms with Crippen molar-refractivity contribution >= 4 is 29.1 Å². The van der Waals surface area contributed by atoms with Crippen molar-refractivity contribution in [2.75, 3.05) is 18.4 Å². The van der Waals surface area contributed by atoms with Crippen LogP contribution in [0.2, 0.25) is 0 Å². The molecule has 0 atom stereocenters. The Morgan fingerprint density at radius 2 is 1.97 bits per heavy atom. The molecule has 30 heavy (non-hydrogen) atoms. The molecule has 2 aliphatic heterocycles. The van der Waals surface area contributed by atoms with Crippen molar-refractivity contribution in [3.05, 3.63) is 52.0 Å². The average molecular weight is 419 g/mol. The molecule has 158 valence electrons. The summed E-state index contributed by atoms with van der Waals surface area (Å²) in [4.78, 5) is 16.6. The summed E-state index contributed by atoms with van der Waals surface area (Å²) >= 11 is 0. The molecule has 0 unspecified atom stereocenters. The number of aryl methyl sites for hydroxylation is 1. The zero-order valence-electron chi connectivity index (χ0n) is 16.1. The lowest BCUT2D eigenvalue weighted by molar-refractivity contribution is -0.345. The van der Waals surface area contributed by atoms with Crippen molar-refractivity contribution in [3.63, 3.8) is 0 Å². The predicted molar refractivity (Wildman–Crippen MR) is 103 cm³/mol. The summed E-state index contributed by atoms with van der Waals surface area (Å²) in [7, 11) is 0. The molecule has 0 bridgehead atoms. The van der Waals surface area contributed by atoms with E-state index in [2.05, 4.69) is 46.5 Å². The van der Waals surface area contributed by atoms with Gasteiger partial charge in [0.25, 0.3) is 5.69 Å². The van der Waals surface area contributed by atoms with Gasteiger partial charge in [-0.25, -0.2) is 4.99 Å². The Hall–Kier alpha value is -3.36. The Morgan fingerprint density at radius 3 is 2.60 bits per heavy atom. The van der Waals surface area contributed by atoms with Crippen LogP contribution in [-0.4, -0.2) is 36.6 Å². The second kappa shape index (κ2) is 8.56. The molecule has 2 aromatic rings. The lowest BCUT2D eigenvalue weighted by atomic mass is 10.1. The van der Waals surface area contributed by atoms with E-state index in [1.807, 2.05) is 12.3 Å². The van der Waals surface area contributed by atoms with Crippen molar-refractivity contribution in [2.24, 2.45) is 4.99 Å². The van der Waals surface area contributed by atoms with Crippen LogP contribution in [0.4, 0.5) is 24.5 Å². The summed E-state index contributed by atoms with van der Waals surface area (Å²) in [6.07, 6.45) is -1.36. The molecule has 0 aliphatic carbocycles. The summed E-state index contributed by atoms with van der Waals surface area (Å²) in [5.74, 6) is -2.72. The molecular formula is C21H20F3N3O3. The van der Waals surface area contributed by atoms with E-state index < -0.39 is 12.1 Å². The first kappa shape index (κ1) is 21.4. The number of halogens is 3. The van der Waals surface area contributed by atoms with E-state index >= 15 is 0 Å². The van der Waals surface area contributed by atoms with Crippen LogP contribution in [0.3, 0.4) is 0 Å². The molecule has 2 heterocycles. The Labute approximate surface area is 170 Å². The second-order valence-electron chi connectivity index (χ2n) is 6.94. The van der Waals surface area contributed by atoms with Gasteiger partial charge in [0.05, 0.1) is 16.3 Å². The summed E-state index contributed by atoms with van der Waals surface area (Å²) in [6.45, 7) is 3.68. The SMILES string of the molecule is Cc1ccc(CCNc2cc3c4c(c2O)[NH+]=CC=4CCN=3)cc1.O=C([O-])C(F)(F)F. The number of carbonyl (C=O) groups excluding carboxylic acids is 1. The first-order valence-electron chi connectivity index (χ1n) is 9.28. The molecule has 0 saturated heterocycles. The maximum atomic E-state index is 10.5. The van der Waals surface area contributed by atoms with Gasteiger partial charge in [0, 0.05) is 18.7 Å². The molecule has 3 N–H and O–H groups in total. The number of nitrogens with one attached hydrogen (secondary N) is 2. The van der Waals surface area contributed by atoms with Gasteiger partial charge in [-0.15, -0.1) is 0 Å². The highest BCUT2D eigenvalue weighted by Gasteiger charge is 2.28. The zero-order chi connectivity index (χ0) is 21.9. The third kappa shape index (κ3) is 4.79. The van der Waals surface area contributed by atoms with Gasteiger partial charge in [-0.3, -0.25) is 4.99 Å². The Morgan fingerprint density at radius 1 is 1.30 bits per heavy atom. The number of nitrogens with zero attached hydrogens (tertiary/aromatic N) is 1. The molecule has 9 heteroatoms. The van der Waals surface area contributed by atoms with Crippen LogP contribution >= 0.6 is 0 Å². The molecule has 0 saturated carbocycles. The highest BCUT2D eigenvalue weighted by molar-refractivity contribution is 6.02. The van der Waals surface area contributed by atoms with Crippen LogP contribution in [0.25, 0.3) is 5.57 Å². The van der Waals surface area contributed by atoms with Crippen LogP contribution in [0, 0.1) is 6.92 Å². The number of carboxylic acid groups (broad SMARTS) is 1. The van der Waals surface area contributed by atoms with Crippen LogP contribution in [0.5, 0.6) is 5.75 Å². The number of aromatic hydroxyl groups is 1. The van der Waals surface area contributed by atoms with E-state index in [1.165, 1.54) is 16.7 Å². The maximum absolute atomic E-state index is 10.5. The number of rotatable bonds is 4. The quantitative estimate of drug-likeness (QED) is 0.589. The molecule has 6 nitrogen and oxygen atoms in total. The Kier molecular flexibility index (Phi) is 6.09. The highest BCUT2D eigenvalue weighted by Crippen LogP contribution is 2.26. The van der Waals surface area contributed by atoms with Gasteiger partial charge in [0.2, 0.25) is 5.75 Å². The van der Waals surface area contributed by atoms with Crippen LogP contribution in [0.15, 0.2) is 35.3 Å². The fraction of sp³-hybridized carbons (Fsp3) is 0.286. The average Bonchev–Trinajstić information content (AvgIpc) is 3.13. The number of anilines is 1. The molecule has 0 spiro atoms. The van der Waals surface area contributed by atoms with Gasteiger partial charge >= 0.3 is 6.18 Å². The summed E-state index contributed by atoms with van der Waals surface area (Å²) in [5, 5.41) is 24.7. The van der Waals surface area contributed by atoms with E-state index in [0.717, 1.165) is 47.9 Å². The minimum Gasteiger partial charge on any atom is -0.542 e. The number of hydrogen-bond donors (Lipinski definition) is 3. The van der Waals surface area contributed by atoms with Gasteiger partial charge in [-0.1, -0.05) is 29.8 Å². The minimum atomic E-state index is -5.19. The van der Waals surface area contributed by atoms with Gasteiger partial charge in [-0.05, 0) is 31.4 Å². The molecule has 2 aromatic carbocycles. The number of benzene rings is 2. The molecule has 0 aromatic heterocycles. The smallest absolute Gasteiger partial charge is 0.430 e.